The van der Waals surface area contributed by atoms with Gasteiger partial charge in [0, 0.05) is 35.1 Å². The Morgan fingerprint density at radius 3 is 2.81 bits per heavy atom. The number of rotatable bonds is 3. The topological polar surface area (TPSA) is 63.8 Å². The highest BCUT2D eigenvalue weighted by molar-refractivity contribution is 6.31. The SMILES string of the molecule is CCn1cc(-c2ccncn2)c(-c2cc(O)cc(Cl)c2)n1. The van der Waals surface area contributed by atoms with Gasteiger partial charge in [-0.3, -0.25) is 4.68 Å². The summed E-state index contributed by atoms with van der Waals surface area (Å²) in [5, 5.41) is 14.7. The van der Waals surface area contributed by atoms with E-state index in [9.17, 15) is 5.11 Å². The molecule has 2 heterocycles. The molecule has 0 aliphatic heterocycles. The molecule has 0 aliphatic carbocycles. The number of hydrogen-bond donors (Lipinski definition) is 1. The number of nitrogens with zero attached hydrogens (tertiary/aromatic N) is 4. The minimum Gasteiger partial charge on any atom is -0.508 e. The van der Waals surface area contributed by atoms with Gasteiger partial charge in [0.2, 0.25) is 0 Å². The van der Waals surface area contributed by atoms with Gasteiger partial charge < -0.3 is 5.11 Å². The lowest BCUT2D eigenvalue weighted by atomic mass is 10.1. The first-order valence-electron chi connectivity index (χ1n) is 6.51. The summed E-state index contributed by atoms with van der Waals surface area (Å²) >= 11 is 6.02. The van der Waals surface area contributed by atoms with E-state index in [2.05, 4.69) is 15.1 Å². The van der Waals surface area contributed by atoms with Crippen molar-refractivity contribution in [3.63, 3.8) is 0 Å². The van der Waals surface area contributed by atoms with Gasteiger partial charge in [0.1, 0.15) is 17.8 Å². The number of hydrogen-bond acceptors (Lipinski definition) is 4. The van der Waals surface area contributed by atoms with E-state index in [1.165, 1.54) is 12.4 Å². The molecule has 0 radical (unpaired) electrons. The van der Waals surface area contributed by atoms with Gasteiger partial charge in [0.05, 0.1) is 5.69 Å². The van der Waals surface area contributed by atoms with Gasteiger partial charge in [-0.25, -0.2) is 9.97 Å². The van der Waals surface area contributed by atoms with E-state index >= 15 is 0 Å². The van der Waals surface area contributed by atoms with Crippen LogP contribution in [0.1, 0.15) is 6.92 Å². The molecule has 5 nitrogen and oxygen atoms in total. The Balaban J connectivity index is 2.20. The van der Waals surface area contributed by atoms with Crippen molar-refractivity contribution in [3.8, 4) is 28.3 Å². The molecule has 3 rings (SSSR count). The molecule has 2 aromatic heterocycles. The first-order chi connectivity index (χ1) is 10.2. The molecule has 0 amide bonds. The van der Waals surface area contributed by atoms with Crippen LogP contribution >= 0.6 is 11.6 Å². The minimum atomic E-state index is 0.109. The lowest BCUT2D eigenvalue weighted by molar-refractivity contribution is 0.475. The summed E-state index contributed by atoms with van der Waals surface area (Å²) in [4.78, 5) is 8.20. The van der Waals surface area contributed by atoms with Gasteiger partial charge >= 0.3 is 0 Å². The molecule has 0 bridgehead atoms. The number of aromatic nitrogens is 4. The van der Waals surface area contributed by atoms with Crippen LogP contribution in [0.3, 0.4) is 0 Å². The van der Waals surface area contributed by atoms with Crippen molar-refractivity contribution in [2.45, 2.75) is 13.5 Å². The number of aromatic hydroxyl groups is 1. The zero-order valence-corrected chi connectivity index (χ0v) is 12.1. The third-order valence-corrected chi connectivity index (χ3v) is 3.32. The van der Waals surface area contributed by atoms with Crippen molar-refractivity contribution in [2.24, 2.45) is 0 Å². The number of phenols is 1. The molecule has 0 saturated carbocycles. The first kappa shape index (κ1) is 13.6. The second-order valence-electron chi connectivity index (χ2n) is 4.54. The Morgan fingerprint density at radius 2 is 2.14 bits per heavy atom. The third kappa shape index (κ3) is 2.73. The highest BCUT2D eigenvalue weighted by Gasteiger charge is 2.15. The fourth-order valence-corrected chi connectivity index (χ4v) is 2.37. The summed E-state index contributed by atoms with van der Waals surface area (Å²) in [7, 11) is 0. The van der Waals surface area contributed by atoms with Gasteiger partial charge in [0.25, 0.3) is 0 Å². The first-order valence-corrected chi connectivity index (χ1v) is 6.89. The van der Waals surface area contributed by atoms with Crippen molar-refractivity contribution >= 4 is 11.6 Å². The zero-order chi connectivity index (χ0) is 14.8. The maximum atomic E-state index is 9.74. The largest absolute Gasteiger partial charge is 0.508 e. The van der Waals surface area contributed by atoms with Crippen LogP contribution in [0.5, 0.6) is 5.75 Å². The van der Waals surface area contributed by atoms with Crippen LogP contribution in [0, 0.1) is 0 Å². The monoisotopic (exact) mass is 300 g/mol. The molecule has 0 unspecified atom stereocenters. The molecule has 0 atom stereocenters. The van der Waals surface area contributed by atoms with E-state index in [1.807, 2.05) is 23.9 Å². The Bertz CT molecular complexity index is 750. The Labute approximate surface area is 126 Å². The molecule has 1 aromatic carbocycles. The van der Waals surface area contributed by atoms with Crippen molar-refractivity contribution in [3.05, 3.63) is 48.0 Å². The Morgan fingerprint density at radius 1 is 1.29 bits per heavy atom. The van der Waals surface area contributed by atoms with E-state index in [0.29, 0.717) is 5.02 Å². The normalized spacial score (nSPS) is 10.8. The van der Waals surface area contributed by atoms with E-state index in [-0.39, 0.29) is 5.75 Å². The molecular weight excluding hydrogens is 288 g/mol. The summed E-state index contributed by atoms with van der Waals surface area (Å²) in [6.07, 6.45) is 5.11. The van der Waals surface area contributed by atoms with Crippen LogP contribution in [-0.2, 0) is 6.54 Å². The molecule has 1 N–H and O–H groups in total. The highest BCUT2D eigenvalue weighted by atomic mass is 35.5. The van der Waals surface area contributed by atoms with Gasteiger partial charge in [-0.1, -0.05) is 11.6 Å². The predicted molar refractivity (Wildman–Crippen MR) is 81.0 cm³/mol. The average Bonchev–Trinajstić information content (AvgIpc) is 2.91. The summed E-state index contributed by atoms with van der Waals surface area (Å²) in [6.45, 7) is 2.75. The summed E-state index contributed by atoms with van der Waals surface area (Å²) in [6, 6.07) is 6.73. The lowest BCUT2D eigenvalue weighted by Crippen LogP contribution is -1.93. The summed E-state index contributed by atoms with van der Waals surface area (Å²) < 4.78 is 1.82. The van der Waals surface area contributed by atoms with Crippen molar-refractivity contribution in [1.29, 1.82) is 0 Å². The number of phenolic OH excluding ortho intramolecular Hbond substituents is 1. The fourth-order valence-electron chi connectivity index (χ4n) is 2.14. The minimum absolute atomic E-state index is 0.109. The quantitative estimate of drug-likeness (QED) is 0.805. The van der Waals surface area contributed by atoms with E-state index in [0.717, 1.165) is 29.1 Å². The van der Waals surface area contributed by atoms with Crippen molar-refractivity contribution < 1.29 is 5.11 Å². The zero-order valence-electron chi connectivity index (χ0n) is 11.4. The maximum absolute atomic E-state index is 9.74. The molecule has 0 spiro atoms. The van der Waals surface area contributed by atoms with Gasteiger partial charge in [0.15, 0.2) is 0 Å². The van der Waals surface area contributed by atoms with Crippen LogP contribution in [0.2, 0.25) is 5.02 Å². The van der Waals surface area contributed by atoms with Gasteiger partial charge in [-0.2, -0.15) is 5.10 Å². The number of aryl methyl sites for hydroxylation is 1. The molecule has 0 saturated heterocycles. The van der Waals surface area contributed by atoms with E-state index in [4.69, 9.17) is 11.6 Å². The Kier molecular flexibility index (Phi) is 3.58. The van der Waals surface area contributed by atoms with Gasteiger partial charge in [-0.05, 0) is 31.2 Å². The molecule has 6 heteroatoms. The highest BCUT2D eigenvalue weighted by Crippen LogP contribution is 2.33. The molecule has 3 aromatic rings. The fraction of sp³-hybridized carbons (Fsp3) is 0.133. The van der Waals surface area contributed by atoms with Gasteiger partial charge in [-0.15, -0.1) is 0 Å². The second kappa shape index (κ2) is 5.54. The molecular formula is C15H13ClN4O. The van der Waals surface area contributed by atoms with Crippen LogP contribution in [0.15, 0.2) is 43.0 Å². The lowest BCUT2D eigenvalue weighted by Gasteiger charge is -2.03. The second-order valence-corrected chi connectivity index (χ2v) is 4.98. The average molecular weight is 301 g/mol. The summed E-state index contributed by atoms with van der Waals surface area (Å²) in [5.41, 5.74) is 3.13. The van der Waals surface area contributed by atoms with Crippen LogP contribution in [0.4, 0.5) is 0 Å². The summed E-state index contributed by atoms with van der Waals surface area (Å²) in [5.74, 6) is 0.109. The van der Waals surface area contributed by atoms with E-state index < -0.39 is 0 Å². The predicted octanol–water partition coefficient (Wildman–Crippen LogP) is 3.39. The molecule has 21 heavy (non-hydrogen) atoms. The van der Waals surface area contributed by atoms with Crippen molar-refractivity contribution in [1.82, 2.24) is 19.7 Å². The van der Waals surface area contributed by atoms with Crippen LogP contribution in [-0.4, -0.2) is 24.9 Å². The molecule has 0 aliphatic rings. The van der Waals surface area contributed by atoms with Crippen LogP contribution < -0.4 is 0 Å². The van der Waals surface area contributed by atoms with Crippen molar-refractivity contribution in [2.75, 3.05) is 0 Å². The number of benzene rings is 1. The molecule has 106 valence electrons. The van der Waals surface area contributed by atoms with Crippen LogP contribution in [0.25, 0.3) is 22.5 Å². The van der Waals surface area contributed by atoms with E-state index in [1.54, 1.807) is 18.3 Å². The standard InChI is InChI=1S/C15H13ClN4O/c1-2-20-8-13(14-3-4-17-9-18-14)15(19-20)10-5-11(16)7-12(21)6-10/h3-9,21H,2H2,1H3. The molecule has 0 fully saturated rings. The number of halogens is 1. The Hall–Kier alpha value is -2.40. The smallest absolute Gasteiger partial charge is 0.117 e. The maximum Gasteiger partial charge on any atom is 0.117 e. The third-order valence-electron chi connectivity index (χ3n) is 3.10.